The second kappa shape index (κ2) is 9.73. The molecule has 0 aliphatic heterocycles. The molecule has 0 bridgehead atoms. The molecule has 1 aromatic carbocycles. The second-order valence-corrected chi connectivity index (χ2v) is 6.24. The summed E-state index contributed by atoms with van der Waals surface area (Å²) in [6, 6.07) is 7.59. The number of carbonyl (C=O) groups excluding carboxylic acids is 1. The first-order valence-corrected chi connectivity index (χ1v) is 8.91. The number of nitrogens with zero attached hydrogens (tertiary/aromatic N) is 1. The molecule has 1 fully saturated rings. The molecular formula is C20H26N2O3. The van der Waals surface area contributed by atoms with Gasteiger partial charge in [-0.2, -0.15) is 5.26 Å². The van der Waals surface area contributed by atoms with E-state index in [0.29, 0.717) is 18.1 Å². The van der Waals surface area contributed by atoms with Crippen LogP contribution in [-0.2, 0) is 4.79 Å². The number of methoxy groups -OCH3 is 1. The van der Waals surface area contributed by atoms with Gasteiger partial charge in [-0.05, 0) is 43.0 Å². The number of carbonyl (C=O) groups is 1. The van der Waals surface area contributed by atoms with E-state index in [1.165, 1.54) is 0 Å². The van der Waals surface area contributed by atoms with Crippen molar-refractivity contribution in [2.45, 2.75) is 51.5 Å². The molecule has 1 aromatic rings. The Kier molecular flexibility index (Phi) is 7.34. The van der Waals surface area contributed by atoms with Crippen molar-refractivity contribution >= 4 is 12.0 Å². The van der Waals surface area contributed by atoms with Crippen molar-refractivity contribution in [1.82, 2.24) is 5.32 Å². The van der Waals surface area contributed by atoms with Gasteiger partial charge in [-0.3, -0.25) is 4.79 Å². The fraction of sp³-hybridized carbons (Fsp3) is 0.500. The van der Waals surface area contributed by atoms with Crippen LogP contribution in [0.1, 0.15) is 51.0 Å². The molecule has 25 heavy (non-hydrogen) atoms. The highest BCUT2D eigenvalue weighted by Crippen LogP contribution is 2.29. The lowest BCUT2D eigenvalue weighted by molar-refractivity contribution is -0.117. The zero-order chi connectivity index (χ0) is 18.1. The zero-order valence-corrected chi connectivity index (χ0v) is 15.0. The first-order valence-electron chi connectivity index (χ1n) is 8.91. The van der Waals surface area contributed by atoms with Crippen LogP contribution in [0.25, 0.3) is 6.08 Å². The molecule has 0 unspecified atom stereocenters. The molecule has 5 heteroatoms. The van der Waals surface area contributed by atoms with Crippen molar-refractivity contribution in [3.8, 4) is 17.6 Å². The molecule has 134 valence electrons. The molecule has 1 aliphatic carbocycles. The summed E-state index contributed by atoms with van der Waals surface area (Å²) in [5.41, 5.74) is 0.849. The Labute approximate surface area is 149 Å². The number of hydrogen-bond acceptors (Lipinski definition) is 4. The van der Waals surface area contributed by atoms with Crippen LogP contribution in [0.2, 0.25) is 0 Å². The SMILES string of the molecule is CCCCOc1cc(/C=C(\C#N)C(=O)NC2CCCC2)ccc1OC. The average Bonchev–Trinajstić information content (AvgIpc) is 3.13. The van der Waals surface area contributed by atoms with E-state index in [2.05, 4.69) is 12.2 Å². The molecule has 1 amide bonds. The standard InChI is InChI=1S/C20H26N2O3/c1-3-4-11-25-19-13-15(9-10-18(19)24-2)12-16(14-21)20(23)22-17-7-5-6-8-17/h9-10,12-13,17H,3-8,11H2,1-2H3,(H,22,23)/b16-12+. The van der Waals surface area contributed by atoms with Gasteiger partial charge in [0.25, 0.3) is 5.91 Å². The fourth-order valence-electron chi connectivity index (χ4n) is 2.87. The molecule has 0 spiro atoms. The molecule has 5 nitrogen and oxygen atoms in total. The van der Waals surface area contributed by atoms with Crippen molar-refractivity contribution in [1.29, 1.82) is 5.26 Å². The maximum atomic E-state index is 12.3. The topological polar surface area (TPSA) is 71.3 Å². The van der Waals surface area contributed by atoms with Crippen molar-refractivity contribution in [3.63, 3.8) is 0 Å². The summed E-state index contributed by atoms with van der Waals surface area (Å²) in [6.45, 7) is 2.70. The highest BCUT2D eigenvalue weighted by Gasteiger charge is 2.19. The van der Waals surface area contributed by atoms with Crippen LogP contribution in [0.3, 0.4) is 0 Å². The minimum atomic E-state index is -0.307. The lowest BCUT2D eigenvalue weighted by atomic mass is 10.1. The molecule has 0 radical (unpaired) electrons. The Hall–Kier alpha value is -2.48. The lowest BCUT2D eigenvalue weighted by Crippen LogP contribution is -2.33. The number of benzene rings is 1. The minimum Gasteiger partial charge on any atom is -0.493 e. The molecule has 1 aliphatic rings. The fourth-order valence-corrected chi connectivity index (χ4v) is 2.87. The molecule has 0 heterocycles. The van der Waals surface area contributed by atoms with Gasteiger partial charge in [-0.1, -0.05) is 32.3 Å². The number of nitriles is 1. The molecule has 0 atom stereocenters. The summed E-state index contributed by atoms with van der Waals surface area (Å²) in [7, 11) is 1.59. The first-order chi connectivity index (χ1) is 12.2. The third-order valence-electron chi connectivity index (χ3n) is 4.31. The summed E-state index contributed by atoms with van der Waals surface area (Å²) in [5.74, 6) is 0.957. The molecule has 2 rings (SSSR count). The molecule has 0 saturated heterocycles. The third-order valence-corrected chi connectivity index (χ3v) is 4.31. The predicted molar refractivity (Wildman–Crippen MR) is 97.4 cm³/mol. The van der Waals surface area contributed by atoms with Crippen LogP contribution >= 0.6 is 0 Å². The van der Waals surface area contributed by atoms with Gasteiger partial charge in [0, 0.05) is 6.04 Å². The summed E-state index contributed by atoms with van der Waals surface area (Å²) >= 11 is 0. The van der Waals surface area contributed by atoms with E-state index < -0.39 is 0 Å². The quantitative estimate of drug-likeness (QED) is 0.443. The molecule has 1 N–H and O–H groups in total. The Morgan fingerprint density at radius 2 is 2.12 bits per heavy atom. The van der Waals surface area contributed by atoms with E-state index in [-0.39, 0.29) is 17.5 Å². The Balaban J connectivity index is 2.14. The van der Waals surface area contributed by atoms with Crippen LogP contribution in [0, 0.1) is 11.3 Å². The Bertz CT molecular complexity index is 655. The van der Waals surface area contributed by atoms with Crippen LogP contribution < -0.4 is 14.8 Å². The largest absolute Gasteiger partial charge is 0.493 e. The Morgan fingerprint density at radius 1 is 1.36 bits per heavy atom. The number of unbranched alkanes of at least 4 members (excludes halogenated alkanes) is 1. The van der Waals surface area contributed by atoms with Gasteiger partial charge in [0.05, 0.1) is 13.7 Å². The van der Waals surface area contributed by atoms with Crippen LogP contribution in [0.15, 0.2) is 23.8 Å². The van der Waals surface area contributed by atoms with Gasteiger partial charge >= 0.3 is 0 Å². The highest BCUT2D eigenvalue weighted by atomic mass is 16.5. The van der Waals surface area contributed by atoms with Crippen molar-refractivity contribution in [2.24, 2.45) is 0 Å². The van der Waals surface area contributed by atoms with Crippen LogP contribution in [-0.4, -0.2) is 25.7 Å². The summed E-state index contributed by atoms with van der Waals surface area (Å²) in [4.78, 5) is 12.3. The smallest absolute Gasteiger partial charge is 0.262 e. The van der Waals surface area contributed by atoms with E-state index >= 15 is 0 Å². The summed E-state index contributed by atoms with van der Waals surface area (Å²) in [6.07, 6.45) is 7.83. The van der Waals surface area contributed by atoms with Crippen LogP contribution in [0.4, 0.5) is 0 Å². The van der Waals surface area contributed by atoms with Gasteiger partial charge < -0.3 is 14.8 Å². The second-order valence-electron chi connectivity index (χ2n) is 6.24. The predicted octanol–water partition coefficient (Wildman–Crippen LogP) is 3.84. The monoisotopic (exact) mass is 342 g/mol. The van der Waals surface area contributed by atoms with Crippen molar-refractivity contribution in [2.75, 3.05) is 13.7 Å². The average molecular weight is 342 g/mol. The maximum Gasteiger partial charge on any atom is 0.262 e. The van der Waals surface area contributed by atoms with Crippen molar-refractivity contribution < 1.29 is 14.3 Å². The van der Waals surface area contributed by atoms with E-state index in [1.807, 2.05) is 12.1 Å². The van der Waals surface area contributed by atoms with E-state index in [9.17, 15) is 10.1 Å². The normalized spacial score (nSPS) is 14.8. The van der Waals surface area contributed by atoms with Gasteiger partial charge in [0.15, 0.2) is 11.5 Å². The molecule has 1 saturated carbocycles. The van der Waals surface area contributed by atoms with E-state index in [4.69, 9.17) is 9.47 Å². The first kappa shape index (κ1) is 18.9. The Morgan fingerprint density at radius 3 is 2.76 bits per heavy atom. The molecule has 0 aromatic heterocycles. The third kappa shape index (κ3) is 5.53. The van der Waals surface area contributed by atoms with Gasteiger partial charge in [0.2, 0.25) is 0 Å². The summed E-state index contributed by atoms with van der Waals surface area (Å²) in [5, 5.41) is 12.3. The van der Waals surface area contributed by atoms with Crippen LogP contribution in [0.5, 0.6) is 11.5 Å². The number of rotatable bonds is 8. The lowest BCUT2D eigenvalue weighted by Gasteiger charge is -2.12. The maximum absolute atomic E-state index is 12.3. The number of nitrogens with one attached hydrogen (secondary N) is 1. The number of ether oxygens (including phenoxy) is 2. The van der Waals surface area contributed by atoms with Gasteiger partial charge in [-0.15, -0.1) is 0 Å². The van der Waals surface area contributed by atoms with Crippen molar-refractivity contribution in [3.05, 3.63) is 29.3 Å². The number of amides is 1. The highest BCUT2D eigenvalue weighted by molar-refractivity contribution is 6.01. The summed E-state index contributed by atoms with van der Waals surface area (Å²) < 4.78 is 11.1. The minimum absolute atomic E-state index is 0.108. The number of hydrogen-bond donors (Lipinski definition) is 1. The zero-order valence-electron chi connectivity index (χ0n) is 15.0. The van der Waals surface area contributed by atoms with E-state index in [0.717, 1.165) is 44.1 Å². The van der Waals surface area contributed by atoms with Gasteiger partial charge in [0.1, 0.15) is 11.6 Å². The van der Waals surface area contributed by atoms with Gasteiger partial charge in [-0.25, -0.2) is 0 Å². The van der Waals surface area contributed by atoms with E-state index in [1.54, 1.807) is 25.3 Å². The molecular weight excluding hydrogens is 316 g/mol.